The first kappa shape index (κ1) is 15.7. The van der Waals surface area contributed by atoms with E-state index in [1.165, 1.54) is 11.1 Å². The Hall–Kier alpha value is -1.31. The average molecular weight is 261 g/mol. The number of carbonyl (C=O) groups is 1. The zero-order valence-electron chi connectivity index (χ0n) is 13.0. The maximum atomic E-state index is 12.5. The van der Waals surface area contributed by atoms with Gasteiger partial charge < -0.3 is 4.90 Å². The van der Waals surface area contributed by atoms with Crippen LogP contribution in [0.2, 0.25) is 0 Å². The molecule has 0 atom stereocenters. The topological polar surface area (TPSA) is 20.3 Å². The Morgan fingerprint density at radius 3 is 2.00 bits per heavy atom. The number of amides is 1. The minimum absolute atomic E-state index is 0.251. The second kappa shape index (κ2) is 7.32. The summed E-state index contributed by atoms with van der Waals surface area (Å²) >= 11 is 0. The lowest BCUT2D eigenvalue weighted by molar-refractivity contribution is -0.119. The SMILES string of the molecule is CCCC(=O)N(c1cc(C)cc(C)c1)C(CC)CC. The van der Waals surface area contributed by atoms with Gasteiger partial charge in [-0.25, -0.2) is 0 Å². The van der Waals surface area contributed by atoms with Crippen molar-refractivity contribution in [3.63, 3.8) is 0 Å². The highest BCUT2D eigenvalue weighted by molar-refractivity contribution is 5.94. The van der Waals surface area contributed by atoms with Gasteiger partial charge in [-0.3, -0.25) is 4.79 Å². The highest BCUT2D eigenvalue weighted by atomic mass is 16.2. The quantitative estimate of drug-likeness (QED) is 0.731. The van der Waals surface area contributed by atoms with E-state index in [9.17, 15) is 4.79 Å². The molecule has 2 heteroatoms. The van der Waals surface area contributed by atoms with Crippen molar-refractivity contribution >= 4 is 11.6 Å². The Balaban J connectivity index is 3.17. The van der Waals surface area contributed by atoms with E-state index in [0.29, 0.717) is 12.5 Å². The lowest BCUT2D eigenvalue weighted by atomic mass is 10.1. The summed E-state index contributed by atoms with van der Waals surface area (Å²) in [5.41, 5.74) is 3.50. The molecule has 0 unspecified atom stereocenters. The van der Waals surface area contributed by atoms with E-state index in [0.717, 1.165) is 24.9 Å². The van der Waals surface area contributed by atoms with E-state index in [4.69, 9.17) is 0 Å². The molecule has 0 spiro atoms. The van der Waals surface area contributed by atoms with Crippen molar-refractivity contribution in [1.82, 2.24) is 0 Å². The first-order chi connectivity index (χ1) is 9.03. The average Bonchev–Trinajstić information content (AvgIpc) is 2.34. The fourth-order valence-corrected chi connectivity index (χ4v) is 2.64. The van der Waals surface area contributed by atoms with Crippen LogP contribution in [0.25, 0.3) is 0 Å². The Bertz CT molecular complexity index is 401. The van der Waals surface area contributed by atoms with E-state index in [-0.39, 0.29) is 5.91 Å². The van der Waals surface area contributed by atoms with Crippen LogP contribution in [0.1, 0.15) is 57.6 Å². The molecule has 106 valence electrons. The van der Waals surface area contributed by atoms with Gasteiger partial charge in [-0.15, -0.1) is 0 Å². The number of rotatable bonds is 6. The van der Waals surface area contributed by atoms with Crippen LogP contribution in [-0.4, -0.2) is 11.9 Å². The van der Waals surface area contributed by atoms with Gasteiger partial charge in [-0.1, -0.05) is 26.8 Å². The molecular weight excluding hydrogens is 234 g/mol. The maximum Gasteiger partial charge on any atom is 0.227 e. The lowest BCUT2D eigenvalue weighted by Crippen LogP contribution is -2.39. The molecule has 0 saturated heterocycles. The summed E-state index contributed by atoms with van der Waals surface area (Å²) in [7, 11) is 0. The number of carbonyl (C=O) groups excluding carboxylic acids is 1. The number of benzene rings is 1. The summed E-state index contributed by atoms with van der Waals surface area (Å²) in [6.45, 7) is 10.5. The molecular formula is C17H27NO. The number of hydrogen-bond donors (Lipinski definition) is 0. The van der Waals surface area contributed by atoms with E-state index in [2.05, 4.69) is 52.8 Å². The molecule has 1 rings (SSSR count). The van der Waals surface area contributed by atoms with Gasteiger partial charge in [-0.05, 0) is 56.4 Å². The predicted octanol–water partition coefficient (Wildman–Crippen LogP) is 4.63. The van der Waals surface area contributed by atoms with Crippen LogP contribution in [0.15, 0.2) is 18.2 Å². The maximum absolute atomic E-state index is 12.5. The van der Waals surface area contributed by atoms with Gasteiger partial charge in [0.2, 0.25) is 5.91 Å². The number of aryl methyl sites for hydroxylation is 2. The molecule has 0 saturated carbocycles. The zero-order valence-corrected chi connectivity index (χ0v) is 13.0. The summed E-state index contributed by atoms with van der Waals surface area (Å²) in [5.74, 6) is 0.251. The van der Waals surface area contributed by atoms with E-state index in [1.807, 2.05) is 4.90 Å². The van der Waals surface area contributed by atoms with E-state index >= 15 is 0 Å². The molecule has 0 fully saturated rings. The van der Waals surface area contributed by atoms with E-state index in [1.54, 1.807) is 0 Å². The summed E-state index contributed by atoms with van der Waals surface area (Å²) < 4.78 is 0. The summed E-state index contributed by atoms with van der Waals surface area (Å²) in [5, 5.41) is 0. The van der Waals surface area contributed by atoms with Crippen LogP contribution in [0.5, 0.6) is 0 Å². The largest absolute Gasteiger partial charge is 0.309 e. The van der Waals surface area contributed by atoms with Gasteiger partial charge in [0.1, 0.15) is 0 Å². The standard InChI is InChI=1S/C17H27NO/c1-6-9-17(19)18(15(7-2)8-3)16-11-13(4)10-14(5)12-16/h10-12,15H,6-9H2,1-5H3. The van der Waals surface area contributed by atoms with Crippen LogP contribution in [0.4, 0.5) is 5.69 Å². The van der Waals surface area contributed by atoms with Crippen LogP contribution in [-0.2, 0) is 4.79 Å². The van der Waals surface area contributed by atoms with Crippen molar-refractivity contribution in [2.75, 3.05) is 4.90 Å². The third-order valence-electron chi connectivity index (χ3n) is 3.52. The van der Waals surface area contributed by atoms with Gasteiger partial charge in [0, 0.05) is 18.2 Å². The first-order valence-electron chi connectivity index (χ1n) is 7.43. The normalized spacial score (nSPS) is 10.8. The number of nitrogens with zero attached hydrogens (tertiary/aromatic N) is 1. The Morgan fingerprint density at radius 2 is 1.58 bits per heavy atom. The molecule has 1 amide bonds. The Morgan fingerprint density at radius 1 is 1.05 bits per heavy atom. The third kappa shape index (κ3) is 4.09. The summed E-state index contributed by atoms with van der Waals surface area (Å²) in [6.07, 6.45) is 3.53. The van der Waals surface area contributed by atoms with Crippen LogP contribution >= 0.6 is 0 Å². The predicted molar refractivity (Wildman–Crippen MR) is 82.7 cm³/mol. The van der Waals surface area contributed by atoms with Gasteiger partial charge in [0.25, 0.3) is 0 Å². The van der Waals surface area contributed by atoms with Crippen LogP contribution in [0, 0.1) is 13.8 Å². The van der Waals surface area contributed by atoms with Crippen LogP contribution in [0.3, 0.4) is 0 Å². The van der Waals surface area contributed by atoms with Crippen molar-refractivity contribution < 1.29 is 4.79 Å². The molecule has 19 heavy (non-hydrogen) atoms. The second-order valence-electron chi connectivity index (χ2n) is 5.33. The Labute approximate surface area is 117 Å². The molecule has 0 bridgehead atoms. The smallest absolute Gasteiger partial charge is 0.227 e. The van der Waals surface area contributed by atoms with E-state index < -0.39 is 0 Å². The lowest BCUT2D eigenvalue weighted by Gasteiger charge is -2.31. The molecule has 0 aliphatic heterocycles. The van der Waals surface area contributed by atoms with Crippen LogP contribution < -0.4 is 4.90 Å². The van der Waals surface area contributed by atoms with Gasteiger partial charge in [0.15, 0.2) is 0 Å². The van der Waals surface area contributed by atoms with Gasteiger partial charge in [-0.2, -0.15) is 0 Å². The fraction of sp³-hybridized carbons (Fsp3) is 0.588. The Kier molecular flexibility index (Phi) is 6.07. The molecule has 1 aromatic carbocycles. The van der Waals surface area contributed by atoms with Crippen molar-refractivity contribution in [2.24, 2.45) is 0 Å². The molecule has 2 nitrogen and oxygen atoms in total. The van der Waals surface area contributed by atoms with Crippen molar-refractivity contribution in [1.29, 1.82) is 0 Å². The molecule has 0 aliphatic carbocycles. The second-order valence-corrected chi connectivity index (χ2v) is 5.33. The molecule has 0 N–H and O–H groups in total. The molecule has 1 aromatic rings. The molecule has 0 aliphatic rings. The summed E-state index contributed by atoms with van der Waals surface area (Å²) in [6, 6.07) is 6.71. The minimum Gasteiger partial charge on any atom is -0.309 e. The highest BCUT2D eigenvalue weighted by Crippen LogP contribution is 2.24. The first-order valence-corrected chi connectivity index (χ1v) is 7.43. The number of anilines is 1. The molecule has 0 radical (unpaired) electrons. The van der Waals surface area contributed by atoms with Crippen molar-refractivity contribution in [3.8, 4) is 0 Å². The molecule has 0 heterocycles. The van der Waals surface area contributed by atoms with Crippen molar-refractivity contribution in [2.45, 2.75) is 66.3 Å². The monoisotopic (exact) mass is 261 g/mol. The highest BCUT2D eigenvalue weighted by Gasteiger charge is 2.22. The van der Waals surface area contributed by atoms with Gasteiger partial charge >= 0.3 is 0 Å². The zero-order chi connectivity index (χ0) is 14.4. The minimum atomic E-state index is 0.251. The summed E-state index contributed by atoms with van der Waals surface area (Å²) in [4.78, 5) is 14.5. The number of hydrogen-bond acceptors (Lipinski definition) is 1. The van der Waals surface area contributed by atoms with Gasteiger partial charge in [0.05, 0.1) is 0 Å². The third-order valence-corrected chi connectivity index (χ3v) is 3.52. The molecule has 0 aromatic heterocycles. The van der Waals surface area contributed by atoms with Crippen molar-refractivity contribution in [3.05, 3.63) is 29.3 Å². The fourth-order valence-electron chi connectivity index (χ4n) is 2.64.